The van der Waals surface area contributed by atoms with Crippen molar-refractivity contribution in [2.24, 2.45) is 5.41 Å². The van der Waals surface area contributed by atoms with E-state index in [1.54, 1.807) is 0 Å². The van der Waals surface area contributed by atoms with Gasteiger partial charge < -0.3 is 4.43 Å². The van der Waals surface area contributed by atoms with Crippen molar-refractivity contribution in [1.29, 1.82) is 0 Å². The summed E-state index contributed by atoms with van der Waals surface area (Å²) in [6.07, 6.45) is 7.04. The molecule has 4 heteroatoms. The highest BCUT2D eigenvalue weighted by Crippen LogP contribution is 2.43. The molecule has 0 spiro atoms. The maximum atomic E-state index is 11.9. The first kappa shape index (κ1) is 22.6. The Morgan fingerprint density at radius 1 is 1.22 bits per heavy atom. The molecule has 0 saturated heterocycles. The van der Waals surface area contributed by atoms with Gasteiger partial charge in [-0.25, -0.2) is 0 Å². The van der Waals surface area contributed by atoms with Gasteiger partial charge in [0.2, 0.25) is 0 Å². The van der Waals surface area contributed by atoms with E-state index >= 15 is 0 Å². The SMILES string of the molecule is CC(C)(C)[Si](C)(C)OC(CCC[C@]1(C)CCCC(=O)C1)c1ccc(Cl)cc1. The largest absolute Gasteiger partial charge is 0.410 e. The van der Waals surface area contributed by atoms with Gasteiger partial charge in [-0.05, 0) is 66.9 Å². The molecular formula is C23H37ClO2Si. The molecule has 1 aliphatic carbocycles. The Kier molecular flexibility index (Phi) is 7.38. The molecular weight excluding hydrogens is 372 g/mol. The van der Waals surface area contributed by atoms with Crippen molar-refractivity contribution < 1.29 is 9.22 Å². The van der Waals surface area contributed by atoms with Crippen molar-refractivity contribution in [1.82, 2.24) is 0 Å². The Morgan fingerprint density at radius 2 is 1.85 bits per heavy atom. The highest BCUT2D eigenvalue weighted by Gasteiger charge is 2.39. The molecule has 1 aromatic carbocycles. The van der Waals surface area contributed by atoms with E-state index in [1.807, 2.05) is 12.1 Å². The van der Waals surface area contributed by atoms with Crippen LogP contribution in [0.5, 0.6) is 0 Å². The Bertz CT molecular complexity index is 633. The standard InChI is InChI=1S/C23H37ClO2Si/c1-22(2,3)27(5,6)26-21(18-11-13-19(24)14-12-18)10-8-16-23(4)15-7-9-20(25)17-23/h11-14,21H,7-10,15-17H2,1-6H3/t21?,23-/m0/s1. The number of carbonyl (C=O) groups excluding carboxylic acids is 1. The minimum absolute atomic E-state index is 0.103. The van der Waals surface area contributed by atoms with Gasteiger partial charge in [-0.15, -0.1) is 0 Å². The Balaban J connectivity index is 2.08. The molecule has 0 aliphatic heterocycles. The second-order valence-electron chi connectivity index (χ2n) is 10.2. The van der Waals surface area contributed by atoms with Crippen molar-refractivity contribution >= 4 is 25.7 Å². The van der Waals surface area contributed by atoms with E-state index in [1.165, 1.54) is 12.0 Å². The molecule has 2 rings (SSSR count). The zero-order chi connectivity index (χ0) is 20.3. The summed E-state index contributed by atoms with van der Waals surface area (Å²) in [4.78, 5) is 11.9. The first-order chi connectivity index (χ1) is 12.4. The molecule has 1 aromatic rings. The number of Topliss-reactive ketones (excluding diaryl/α,β-unsaturated/α-hetero) is 1. The van der Waals surface area contributed by atoms with Gasteiger partial charge in [-0.2, -0.15) is 0 Å². The predicted octanol–water partition coefficient (Wildman–Crippen LogP) is 7.72. The summed E-state index contributed by atoms with van der Waals surface area (Å²) >= 11 is 6.10. The third-order valence-electron chi connectivity index (χ3n) is 6.59. The molecule has 27 heavy (non-hydrogen) atoms. The van der Waals surface area contributed by atoms with E-state index in [-0.39, 0.29) is 16.6 Å². The number of benzene rings is 1. The average molecular weight is 409 g/mol. The van der Waals surface area contributed by atoms with Gasteiger partial charge >= 0.3 is 0 Å². The average Bonchev–Trinajstić information content (AvgIpc) is 2.53. The van der Waals surface area contributed by atoms with E-state index in [0.29, 0.717) is 5.78 Å². The van der Waals surface area contributed by atoms with Crippen LogP contribution in [-0.2, 0) is 9.22 Å². The van der Waals surface area contributed by atoms with Crippen LogP contribution in [0.3, 0.4) is 0 Å². The lowest BCUT2D eigenvalue weighted by atomic mass is 9.72. The van der Waals surface area contributed by atoms with Crippen LogP contribution in [0.1, 0.15) is 84.3 Å². The molecule has 2 nitrogen and oxygen atoms in total. The lowest BCUT2D eigenvalue weighted by molar-refractivity contribution is -0.123. The zero-order valence-electron chi connectivity index (χ0n) is 18.0. The van der Waals surface area contributed by atoms with Crippen molar-refractivity contribution in [2.45, 2.75) is 96.9 Å². The maximum absolute atomic E-state index is 11.9. The summed E-state index contributed by atoms with van der Waals surface area (Å²) in [6, 6.07) is 8.12. The number of rotatable bonds is 7. The van der Waals surface area contributed by atoms with E-state index in [2.05, 4.69) is 52.9 Å². The third kappa shape index (κ3) is 6.44. The molecule has 1 saturated carbocycles. The Labute approximate surface area is 172 Å². The van der Waals surface area contributed by atoms with E-state index in [0.717, 1.165) is 43.5 Å². The molecule has 0 amide bonds. The van der Waals surface area contributed by atoms with Gasteiger partial charge in [0, 0.05) is 17.9 Å². The third-order valence-corrected chi connectivity index (χ3v) is 11.3. The smallest absolute Gasteiger partial charge is 0.192 e. The topological polar surface area (TPSA) is 26.3 Å². The second kappa shape index (κ2) is 8.80. The normalized spacial score (nSPS) is 22.7. The van der Waals surface area contributed by atoms with Gasteiger partial charge in [0.05, 0.1) is 6.10 Å². The van der Waals surface area contributed by atoms with Gasteiger partial charge in [0.25, 0.3) is 0 Å². The highest BCUT2D eigenvalue weighted by molar-refractivity contribution is 6.74. The molecule has 2 atom stereocenters. The Hall–Kier alpha value is -0.643. The molecule has 0 heterocycles. The molecule has 0 N–H and O–H groups in total. The predicted molar refractivity (Wildman–Crippen MR) is 118 cm³/mol. The van der Waals surface area contributed by atoms with Crippen molar-refractivity contribution in [3.8, 4) is 0 Å². The van der Waals surface area contributed by atoms with Crippen LogP contribution in [0, 0.1) is 5.41 Å². The van der Waals surface area contributed by atoms with Gasteiger partial charge in [0.1, 0.15) is 5.78 Å². The van der Waals surface area contributed by atoms with E-state index in [9.17, 15) is 4.79 Å². The quantitative estimate of drug-likeness (QED) is 0.431. The maximum Gasteiger partial charge on any atom is 0.192 e. The monoisotopic (exact) mass is 408 g/mol. The molecule has 1 aliphatic rings. The molecule has 1 unspecified atom stereocenters. The van der Waals surface area contributed by atoms with Crippen LogP contribution in [0.4, 0.5) is 0 Å². The van der Waals surface area contributed by atoms with Crippen LogP contribution in [0.25, 0.3) is 0 Å². The lowest BCUT2D eigenvalue weighted by Gasteiger charge is -2.40. The number of ketones is 1. The first-order valence-electron chi connectivity index (χ1n) is 10.4. The fraction of sp³-hybridized carbons (Fsp3) is 0.696. The summed E-state index contributed by atoms with van der Waals surface area (Å²) in [5, 5.41) is 0.942. The lowest BCUT2D eigenvalue weighted by Crippen LogP contribution is -2.41. The van der Waals surface area contributed by atoms with Gasteiger partial charge in [0.15, 0.2) is 8.32 Å². The second-order valence-corrected chi connectivity index (χ2v) is 15.4. The number of carbonyl (C=O) groups is 1. The Morgan fingerprint density at radius 3 is 2.41 bits per heavy atom. The number of hydrogen-bond donors (Lipinski definition) is 0. The molecule has 0 bridgehead atoms. The molecule has 1 fully saturated rings. The summed E-state index contributed by atoms with van der Waals surface area (Å²) < 4.78 is 6.80. The fourth-order valence-corrected chi connectivity index (χ4v) is 5.24. The summed E-state index contributed by atoms with van der Waals surface area (Å²) in [5.74, 6) is 0.440. The molecule has 0 radical (unpaired) electrons. The fourth-order valence-electron chi connectivity index (χ4n) is 3.80. The van der Waals surface area contributed by atoms with Crippen LogP contribution in [0.15, 0.2) is 24.3 Å². The van der Waals surface area contributed by atoms with Gasteiger partial charge in [-0.3, -0.25) is 4.79 Å². The molecule has 152 valence electrons. The summed E-state index contributed by atoms with van der Waals surface area (Å²) in [5.41, 5.74) is 1.39. The summed E-state index contributed by atoms with van der Waals surface area (Å²) in [7, 11) is -1.87. The van der Waals surface area contributed by atoms with Crippen LogP contribution in [0.2, 0.25) is 23.2 Å². The minimum atomic E-state index is -1.87. The molecule has 0 aromatic heterocycles. The van der Waals surface area contributed by atoms with Crippen LogP contribution in [-0.4, -0.2) is 14.1 Å². The highest BCUT2D eigenvalue weighted by atomic mass is 35.5. The first-order valence-corrected chi connectivity index (χ1v) is 13.7. The number of hydrogen-bond acceptors (Lipinski definition) is 2. The zero-order valence-corrected chi connectivity index (χ0v) is 19.8. The van der Waals surface area contributed by atoms with Gasteiger partial charge in [-0.1, -0.05) is 57.8 Å². The number of halogens is 1. The van der Waals surface area contributed by atoms with Crippen molar-refractivity contribution in [3.63, 3.8) is 0 Å². The van der Waals surface area contributed by atoms with Crippen LogP contribution >= 0.6 is 11.6 Å². The summed E-state index contributed by atoms with van der Waals surface area (Å²) in [6.45, 7) is 13.8. The van der Waals surface area contributed by atoms with Crippen molar-refractivity contribution in [3.05, 3.63) is 34.9 Å². The van der Waals surface area contributed by atoms with Crippen LogP contribution < -0.4 is 0 Å². The minimum Gasteiger partial charge on any atom is -0.410 e. The van der Waals surface area contributed by atoms with E-state index < -0.39 is 8.32 Å². The van der Waals surface area contributed by atoms with Crippen molar-refractivity contribution in [2.75, 3.05) is 0 Å². The van der Waals surface area contributed by atoms with E-state index in [4.69, 9.17) is 16.0 Å².